The molecule has 158 valence electrons. The zero-order valence-electron chi connectivity index (χ0n) is 16.4. The van der Waals surface area contributed by atoms with E-state index in [9.17, 15) is 18.8 Å². The molecule has 1 aliphatic rings. The van der Waals surface area contributed by atoms with E-state index >= 15 is 0 Å². The fourth-order valence-electron chi connectivity index (χ4n) is 3.03. The van der Waals surface area contributed by atoms with E-state index in [0.717, 1.165) is 5.69 Å². The van der Waals surface area contributed by atoms with E-state index in [2.05, 4.69) is 10.3 Å². The lowest BCUT2D eigenvalue weighted by Crippen LogP contribution is -2.51. The fourth-order valence-corrected chi connectivity index (χ4v) is 3.74. The van der Waals surface area contributed by atoms with Gasteiger partial charge in [0, 0.05) is 43.8 Å². The third-order valence-electron chi connectivity index (χ3n) is 4.63. The molecule has 1 aromatic carbocycles. The van der Waals surface area contributed by atoms with Crippen molar-refractivity contribution in [2.75, 3.05) is 43.0 Å². The second kappa shape index (κ2) is 10.7. The second-order valence-corrected chi connectivity index (χ2v) is 7.79. The maximum absolute atomic E-state index is 12.9. The van der Waals surface area contributed by atoms with Gasteiger partial charge in [0.05, 0.1) is 17.9 Å². The van der Waals surface area contributed by atoms with Gasteiger partial charge in [0.15, 0.2) is 0 Å². The zero-order valence-corrected chi connectivity index (χ0v) is 17.2. The van der Waals surface area contributed by atoms with Crippen LogP contribution in [-0.2, 0) is 20.8 Å². The topological polar surface area (TPSA) is 82.6 Å². The summed E-state index contributed by atoms with van der Waals surface area (Å²) < 4.78 is 12.9. The van der Waals surface area contributed by atoms with Gasteiger partial charge < -0.3 is 15.1 Å². The number of hydrogen-bond acceptors (Lipinski definition) is 5. The average Bonchev–Trinajstić information content (AvgIpc) is 2.76. The number of aromatic nitrogens is 1. The fraction of sp³-hybridized carbons (Fsp3) is 0.333. The Kier molecular flexibility index (Phi) is 7.78. The first-order chi connectivity index (χ1) is 14.5. The molecule has 2 heterocycles. The number of nitrogens with zero attached hydrogens (tertiary/aromatic N) is 3. The highest BCUT2D eigenvalue weighted by Crippen LogP contribution is 2.11. The van der Waals surface area contributed by atoms with Gasteiger partial charge in [-0.25, -0.2) is 4.39 Å². The highest BCUT2D eigenvalue weighted by atomic mass is 32.2. The highest BCUT2D eigenvalue weighted by molar-refractivity contribution is 8.00. The summed E-state index contributed by atoms with van der Waals surface area (Å²) in [4.78, 5) is 44.3. The third-order valence-corrected chi connectivity index (χ3v) is 5.55. The monoisotopic (exact) mass is 430 g/mol. The van der Waals surface area contributed by atoms with Crippen LogP contribution >= 0.6 is 11.8 Å². The molecule has 30 heavy (non-hydrogen) atoms. The van der Waals surface area contributed by atoms with Crippen LogP contribution in [-0.4, -0.2) is 70.2 Å². The van der Waals surface area contributed by atoms with E-state index in [0.29, 0.717) is 31.9 Å². The lowest BCUT2D eigenvalue weighted by Gasteiger charge is -2.34. The van der Waals surface area contributed by atoms with Crippen LogP contribution in [0.15, 0.2) is 48.7 Å². The first-order valence-electron chi connectivity index (χ1n) is 9.60. The summed E-state index contributed by atoms with van der Waals surface area (Å²) in [6, 6.07) is 11.0. The number of nitrogens with one attached hydrogen (secondary N) is 1. The van der Waals surface area contributed by atoms with Crippen molar-refractivity contribution < 1.29 is 18.8 Å². The van der Waals surface area contributed by atoms with Crippen molar-refractivity contribution in [3.8, 4) is 0 Å². The van der Waals surface area contributed by atoms with Crippen LogP contribution in [0.25, 0.3) is 0 Å². The van der Waals surface area contributed by atoms with Crippen LogP contribution in [0.4, 0.5) is 10.1 Å². The molecule has 3 rings (SSSR count). The molecule has 1 N–H and O–H groups in total. The maximum Gasteiger partial charge on any atom is 0.234 e. The predicted molar refractivity (Wildman–Crippen MR) is 113 cm³/mol. The van der Waals surface area contributed by atoms with Crippen molar-refractivity contribution in [3.05, 3.63) is 60.2 Å². The Labute approximate surface area is 178 Å². The molecule has 0 aliphatic carbocycles. The summed E-state index contributed by atoms with van der Waals surface area (Å²) in [7, 11) is 0. The van der Waals surface area contributed by atoms with Gasteiger partial charge in [-0.1, -0.05) is 6.07 Å². The molecule has 1 aromatic heterocycles. The number of carbonyl (C=O) groups is 3. The molecule has 7 nitrogen and oxygen atoms in total. The first kappa shape index (κ1) is 21.8. The molecule has 0 radical (unpaired) electrons. The van der Waals surface area contributed by atoms with Gasteiger partial charge in [0.25, 0.3) is 0 Å². The van der Waals surface area contributed by atoms with Crippen molar-refractivity contribution >= 4 is 35.2 Å². The van der Waals surface area contributed by atoms with Crippen LogP contribution in [0.2, 0.25) is 0 Å². The van der Waals surface area contributed by atoms with Gasteiger partial charge in [0.1, 0.15) is 5.82 Å². The minimum atomic E-state index is -0.369. The summed E-state index contributed by atoms with van der Waals surface area (Å²) in [5.74, 6) is -0.334. The molecule has 1 aliphatic heterocycles. The SMILES string of the molecule is O=C(CSCC(=O)N1CCN(C(=O)Cc2ccccn2)CC1)Nc1ccc(F)cc1. The summed E-state index contributed by atoms with van der Waals surface area (Å²) in [6.07, 6.45) is 1.92. The Bertz CT molecular complexity index is 872. The largest absolute Gasteiger partial charge is 0.339 e. The Morgan fingerprint density at radius 2 is 1.60 bits per heavy atom. The van der Waals surface area contributed by atoms with Crippen LogP contribution < -0.4 is 5.32 Å². The van der Waals surface area contributed by atoms with E-state index in [1.54, 1.807) is 16.0 Å². The standard InChI is InChI=1S/C21H23FN4O3S/c22-16-4-6-17(7-5-16)24-19(27)14-30-15-21(29)26-11-9-25(10-12-26)20(28)13-18-3-1-2-8-23-18/h1-8H,9-15H2,(H,24,27). The van der Waals surface area contributed by atoms with Crippen LogP contribution in [0.3, 0.4) is 0 Å². The first-order valence-corrected chi connectivity index (χ1v) is 10.8. The van der Waals surface area contributed by atoms with E-state index in [4.69, 9.17) is 0 Å². The number of halogens is 1. The number of benzene rings is 1. The van der Waals surface area contributed by atoms with E-state index in [1.165, 1.54) is 36.0 Å². The Morgan fingerprint density at radius 3 is 2.23 bits per heavy atom. The molecule has 2 aromatic rings. The van der Waals surface area contributed by atoms with Crippen molar-refractivity contribution in [1.82, 2.24) is 14.8 Å². The number of hydrogen-bond donors (Lipinski definition) is 1. The number of pyridine rings is 1. The van der Waals surface area contributed by atoms with Crippen molar-refractivity contribution in [2.45, 2.75) is 6.42 Å². The third kappa shape index (κ3) is 6.55. The molecule has 9 heteroatoms. The molecule has 0 spiro atoms. The quantitative estimate of drug-likeness (QED) is 0.725. The summed E-state index contributed by atoms with van der Waals surface area (Å²) in [6.45, 7) is 1.95. The van der Waals surface area contributed by atoms with Crippen LogP contribution in [0, 0.1) is 5.82 Å². The summed E-state index contributed by atoms with van der Waals surface area (Å²) in [5.41, 5.74) is 1.25. The molecule has 0 unspecified atom stereocenters. The van der Waals surface area contributed by atoms with Gasteiger partial charge >= 0.3 is 0 Å². The number of rotatable bonds is 7. The number of anilines is 1. The molecule has 1 saturated heterocycles. The normalized spacial score (nSPS) is 13.8. The van der Waals surface area contributed by atoms with E-state index in [1.807, 2.05) is 18.2 Å². The lowest BCUT2D eigenvalue weighted by atomic mass is 10.2. The molecular formula is C21H23FN4O3S. The van der Waals surface area contributed by atoms with Gasteiger partial charge in [-0.05, 0) is 36.4 Å². The van der Waals surface area contributed by atoms with Gasteiger partial charge in [-0.2, -0.15) is 0 Å². The smallest absolute Gasteiger partial charge is 0.234 e. The molecule has 0 atom stereocenters. The summed E-state index contributed by atoms with van der Waals surface area (Å²) >= 11 is 1.23. The van der Waals surface area contributed by atoms with Gasteiger partial charge in [0.2, 0.25) is 17.7 Å². The minimum Gasteiger partial charge on any atom is -0.339 e. The van der Waals surface area contributed by atoms with Crippen molar-refractivity contribution in [3.63, 3.8) is 0 Å². The highest BCUT2D eigenvalue weighted by Gasteiger charge is 2.24. The summed E-state index contributed by atoms with van der Waals surface area (Å²) in [5, 5.41) is 2.66. The zero-order chi connectivity index (χ0) is 21.3. The van der Waals surface area contributed by atoms with Crippen LogP contribution in [0.1, 0.15) is 5.69 Å². The number of piperazine rings is 1. The molecular weight excluding hydrogens is 407 g/mol. The van der Waals surface area contributed by atoms with Gasteiger partial charge in [-0.15, -0.1) is 11.8 Å². The Hall–Kier alpha value is -2.94. The Balaban J connectivity index is 1.34. The average molecular weight is 431 g/mol. The molecule has 0 bridgehead atoms. The van der Waals surface area contributed by atoms with E-state index < -0.39 is 0 Å². The number of carbonyl (C=O) groups excluding carboxylic acids is 3. The van der Waals surface area contributed by atoms with E-state index in [-0.39, 0.29) is 41.5 Å². The molecule has 1 fully saturated rings. The van der Waals surface area contributed by atoms with Crippen LogP contribution in [0.5, 0.6) is 0 Å². The predicted octanol–water partition coefficient (Wildman–Crippen LogP) is 1.81. The molecule has 3 amide bonds. The molecule has 0 saturated carbocycles. The number of thioether (sulfide) groups is 1. The number of amides is 3. The second-order valence-electron chi connectivity index (χ2n) is 6.81. The van der Waals surface area contributed by atoms with Crippen molar-refractivity contribution in [1.29, 1.82) is 0 Å². The lowest BCUT2D eigenvalue weighted by molar-refractivity contribution is -0.137. The maximum atomic E-state index is 12.9. The van der Waals surface area contributed by atoms with Crippen molar-refractivity contribution in [2.24, 2.45) is 0 Å². The van der Waals surface area contributed by atoms with Gasteiger partial charge in [-0.3, -0.25) is 19.4 Å². The Morgan fingerprint density at radius 1 is 0.933 bits per heavy atom. The minimum absolute atomic E-state index is 0.00707.